The first kappa shape index (κ1) is 15.0. The van der Waals surface area contributed by atoms with Crippen LogP contribution < -0.4 is 5.32 Å². The van der Waals surface area contributed by atoms with E-state index in [4.69, 9.17) is 4.74 Å². The van der Waals surface area contributed by atoms with Gasteiger partial charge in [-0.2, -0.15) is 0 Å². The van der Waals surface area contributed by atoms with Crippen LogP contribution in [0.4, 0.5) is 0 Å². The Balaban J connectivity index is 0.00000162. The van der Waals surface area contributed by atoms with E-state index in [2.05, 4.69) is 22.3 Å². The molecule has 1 aromatic carbocycles. The van der Waals surface area contributed by atoms with Crippen molar-refractivity contribution in [1.82, 2.24) is 10.2 Å². The molecule has 1 atom stereocenters. The fraction of sp³-hybridized carbons (Fsp3) is 0.462. The van der Waals surface area contributed by atoms with E-state index in [-0.39, 0.29) is 24.4 Å². The second-order valence-electron chi connectivity index (χ2n) is 4.18. The van der Waals surface area contributed by atoms with E-state index >= 15 is 0 Å². The molecular formula is C13H19ClN2O2. The first-order valence-electron chi connectivity index (χ1n) is 5.88. The first-order chi connectivity index (χ1) is 8.31. The van der Waals surface area contributed by atoms with E-state index in [0.717, 1.165) is 19.6 Å². The van der Waals surface area contributed by atoms with Crippen LogP contribution in [0.2, 0.25) is 0 Å². The number of esters is 1. The van der Waals surface area contributed by atoms with Crippen LogP contribution in [-0.4, -0.2) is 44.2 Å². The number of nitrogens with one attached hydrogen (secondary N) is 1. The minimum absolute atomic E-state index is 0. The number of halogens is 1. The highest BCUT2D eigenvalue weighted by molar-refractivity contribution is 5.85. The summed E-state index contributed by atoms with van der Waals surface area (Å²) in [6.45, 7) is 3.02. The monoisotopic (exact) mass is 270 g/mol. The fourth-order valence-corrected chi connectivity index (χ4v) is 2.17. The largest absolute Gasteiger partial charge is 0.468 e. The van der Waals surface area contributed by atoms with Crippen LogP contribution in [0, 0.1) is 0 Å². The van der Waals surface area contributed by atoms with Crippen LogP contribution in [-0.2, 0) is 9.53 Å². The van der Waals surface area contributed by atoms with E-state index in [9.17, 15) is 4.79 Å². The van der Waals surface area contributed by atoms with Gasteiger partial charge >= 0.3 is 5.97 Å². The molecule has 1 aliphatic rings. The van der Waals surface area contributed by atoms with Gasteiger partial charge in [-0.05, 0) is 5.56 Å². The second-order valence-corrected chi connectivity index (χ2v) is 4.18. The molecule has 1 unspecified atom stereocenters. The van der Waals surface area contributed by atoms with Crippen molar-refractivity contribution in [3.63, 3.8) is 0 Å². The maximum absolute atomic E-state index is 11.4. The number of nitrogens with zero attached hydrogens (tertiary/aromatic N) is 1. The summed E-state index contributed by atoms with van der Waals surface area (Å²) in [6, 6.07) is 10.5. The molecular weight excluding hydrogens is 252 g/mol. The highest BCUT2D eigenvalue weighted by Gasteiger charge is 2.25. The molecule has 0 radical (unpaired) electrons. The molecule has 18 heavy (non-hydrogen) atoms. The topological polar surface area (TPSA) is 41.6 Å². The molecule has 1 saturated heterocycles. The van der Waals surface area contributed by atoms with Crippen molar-refractivity contribution in [1.29, 1.82) is 0 Å². The van der Waals surface area contributed by atoms with Gasteiger partial charge in [-0.3, -0.25) is 9.69 Å². The van der Waals surface area contributed by atoms with Crippen molar-refractivity contribution < 1.29 is 9.53 Å². The van der Waals surface area contributed by atoms with Crippen LogP contribution >= 0.6 is 12.4 Å². The lowest BCUT2D eigenvalue weighted by atomic mass is 10.0. The molecule has 1 aliphatic heterocycles. The zero-order valence-electron chi connectivity index (χ0n) is 10.5. The molecule has 0 spiro atoms. The number of hydrogen-bond donors (Lipinski definition) is 1. The smallest absolute Gasteiger partial charge is 0.319 e. The summed E-state index contributed by atoms with van der Waals surface area (Å²) in [7, 11) is 1.43. The number of benzene rings is 1. The molecule has 2 rings (SSSR count). The van der Waals surface area contributed by atoms with Crippen molar-refractivity contribution in [2.24, 2.45) is 0 Å². The van der Waals surface area contributed by atoms with Crippen LogP contribution in [0.25, 0.3) is 0 Å². The summed E-state index contributed by atoms with van der Waals surface area (Å²) < 4.78 is 4.74. The Kier molecular flexibility index (Phi) is 6.12. The van der Waals surface area contributed by atoms with Gasteiger partial charge < -0.3 is 10.1 Å². The van der Waals surface area contributed by atoms with Crippen molar-refractivity contribution in [3.05, 3.63) is 35.9 Å². The molecule has 1 fully saturated rings. The van der Waals surface area contributed by atoms with Crippen molar-refractivity contribution in [2.45, 2.75) is 6.04 Å². The van der Waals surface area contributed by atoms with E-state index in [1.807, 2.05) is 18.2 Å². The third-order valence-corrected chi connectivity index (χ3v) is 3.10. The van der Waals surface area contributed by atoms with E-state index in [0.29, 0.717) is 6.54 Å². The number of carbonyl (C=O) groups excluding carboxylic acids is 1. The van der Waals surface area contributed by atoms with E-state index in [1.54, 1.807) is 0 Å². The Hall–Kier alpha value is -1.10. The summed E-state index contributed by atoms with van der Waals surface area (Å²) in [5.74, 6) is -0.173. The zero-order valence-corrected chi connectivity index (χ0v) is 11.3. The number of hydrogen-bond acceptors (Lipinski definition) is 4. The standard InChI is InChI=1S/C13H18N2O2.ClH/c1-17-13(16)10-15-8-7-14-9-12(15)11-5-3-2-4-6-11;/h2-6,12,14H,7-10H2,1H3;1H. The number of ether oxygens (including phenoxy) is 1. The van der Waals surface area contributed by atoms with Crippen LogP contribution in [0.5, 0.6) is 0 Å². The summed E-state index contributed by atoms with van der Waals surface area (Å²) in [5, 5.41) is 3.36. The van der Waals surface area contributed by atoms with Crippen molar-refractivity contribution >= 4 is 18.4 Å². The van der Waals surface area contributed by atoms with Gasteiger partial charge in [0.1, 0.15) is 0 Å². The quantitative estimate of drug-likeness (QED) is 0.839. The lowest BCUT2D eigenvalue weighted by molar-refractivity contribution is -0.142. The Morgan fingerprint density at radius 3 is 2.83 bits per heavy atom. The molecule has 0 saturated carbocycles. The first-order valence-corrected chi connectivity index (χ1v) is 5.88. The Morgan fingerprint density at radius 1 is 1.44 bits per heavy atom. The van der Waals surface area contributed by atoms with Gasteiger partial charge in [0, 0.05) is 25.7 Å². The van der Waals surface area contributed by atoms with Gasteiger partial charge in [0.2, 0.25) is 0 Å². The van der Waals surface area contributed by atoms with Gasteiger partial charge in [0.25, 0.3) is 0 Å². The fourth-order valence-electron chi connectivity index (χ4n) is 2.17. The summed E-state index contributed by atoms with van der Waals surface area (Å²) in [5.41, 5.74) is 1.24. The molecule has 0 aliphatic carbocycles. The maximum atomic E-state index is 11.4. The molecule has 0 bridgehead atoms. The number of rotatable bonds is 3. The predicted molar refractivity (Wildman–Crippen MR) is 72.9 cm³/mol. The second kappa shape index (κ2) is 7.36. The molecule has 1 N–H and O–H groups in total. The Morgan fingerprint density at radius 2 is 2.17 bits per heavy atom. The number of methoxy groups -OCH3 is 1. The van der Waals surface area contributed by atoms with Gasteiger partial charge in [-0.25, -0.2) is 0 Å². The number of piperazine rings is 1. The molecule has 1 aromatic rings. The SMILES string of the molecule is COC(=O)CN1CCNCC1c1ccccc1.Cl. The van der Waals surface area contributed by atoms with Gasteiger partial charge in [0.15, 0.2) is 0 Å². The number of carbonyl (C=O) groups is 1. The maximum Gasteiger partial charge on any atom is 0.319 e. The third kappa shape index (κ3) is 3.70. The molecule has 5 heteroatoms. The van der Waals surface area contributed by atoms with Crippen molar-refractivity contribution in [3.8, 4) is 0 Å². The normalized spacial score (nSPS) is 19.9. The predicted octanol–water partition coefficient (Wildman–Crippen LogP) is 1.23. The molecule has 0 amide bonds. The zero-order chi connectivity index (χ0) is 12.1. The highest BCUT2D eigenvalue weighted by atomic mass is 35.5. The lowest BCUT2D eigenvalue weighted by Gasteiger charge is -2.35. The lowest BCUT2D eigenvalue weighted by Crippen LogP contribution is -2.47. The summed E-state index contributed by atoms with van der Waals surface area (Å²) >= 11 is 0. The minimum atomic E-state index is -0.173. The molecule has 4 nitrogen and oxygen atoms in total. The van der Waals surface area contributed by atoms with Gasteiger partial charge in [-0.1, -0.05) is 30.3 Å². The van der Waals surface area contributed by atoms with Crippen LogP contribution in [0.3, 0.4) is 0 Å². The molecule has 100 valence electrons. The minimum Gasteiger partial charge on any atom is -0.468 e. The van der Waals surface area contributed by atoms with Gasteiger partial charge in [0.05, 0.1) is 13.7 Å². The average molecular weight is 271 g/mol. The average Bonchev–Trinajstić information content (AvgIpc) is 2.40. The third-order valence-electron chi connectivity index (χ3n) is 3.10. The summed E-state index contributed by atoms with van der Waals surface area (Å²) in [4.78, 5) is 13.5. The van der Waals surface area contributed by atoms with E-state index in [1.165, 1.54) is 12.7 Å². The van der Waals surface area contributed by atoms with E-state index < -0.39 is 0 Å². The van der Waals surface area contributed by atoms with Crippen LogP contribution in [0.15, 0.2) is 30.3 Å². The van der Waals surface area contributed by atoms with Gasteiger partial charge in [-0.15, -0.1) is 12.4 Å². The summed E-state index contributed by atoms with van der Waals surface area (Å²) in [6.07, 6.45) is 0. The Labute approximate surface area is 114 Å². The highest BCUT2D eigenvalue weighted by Crippen LogP contribution is 2.21. The van der Waals surface area contributed by atoms with Crippen LogP contribution in [0.1, 0.15) is 11.6 Å². The molecule has 0 aromatic heterocycles. The Bertz CT molecular complexity index is 373. The van der Waals surface area contributed by atoms with Crippen molar-refractivity contribution in [2.75, 3.05) is 33.3 Å². The molecule has 1 heterocycles.